The van der Waals surface area contributed by atoms with Gasteiger partial charge in [0.05, 0.1) is 6.20 Å². The summed E-state index contributed by atoms with van der Waals surface area (Å²) in [5, 5.41) is 3.63. The largest absolute Gasteiger partial charge is 0.368 e. The smallest absolute Gasteiger partial charge is 0.343 e. The average molecular weight is 222 g/mol. The van der Waals surface area contributed by atoms with Gasteiger partial charge in [0.1, 0.15) is 11.9 Å². The lowest BCUT2D eigenvalue weighted by Gasteiger charge is -2.32. The van der Waals surface area contributed by atoms with Crippen LogP contribution in [-0.4, -0.2) is 21.2 Å². The summed E-state index contributed by atoms with van der Waals surface area (Å²) in [5.41, 5.74) is 0. The second-order valence-electron chi connectivity index (χ2n) is 3.50. The van der Waals surface area contributed by atoms with Crippen molar-refractivity contribution in [1.29, 1.82) is 0 Å². The number of nitrogens with one attached hydrogen (secondary N) is 1. The molecule has 2 atom stereocenters. The van der Waals surface area contributed by atoms with Gasteiger partial charge in [0.2, 0.25) is 0 Å². The van der Waals surface area contributed by atoms with Crippen molar-refractivity contribution in [3.05, 3.63) is 12.3 Å². The number of anilines is 1. The minimum atomic E-state index is -3.25. The molecule has 0 aromatic carbocycles. The van der Waals surface area contributed by atoms with Crippen molar-refractivity contribution in [3.8, 4) is 0 Å². The Balaban J connectivity index is 2.37. The molecule has 0 fully saturated rings. The van der Waals surface area contributed by atoms with E-state index in [0.717, 1.165) is 0 Å². The lowest BCUT2D eigenvalue weighted by atomic mass is 10.1. The van der Waals surface area contributed by atoms with Crippen molar-refractivity contribution in [3.63, 3.8) is 0 Å². The maximum absolute atomic E-state index is 13.0. The molecule has 1 N–H and O–H groups in total. The highest BCUT2D eigenvalue weighted by Gasteiger charge is 2.42. The van der Waals surface area contributed by atoms with E-state index in [0.29, 0.717) is 5.82 Å². The summed E-state index contributed by atoms with van der Waals surface area (Å²) in [6, 6.07) is 0.574. The SMILES string of the molecule is CC1CC(C(F)(F)Cl)n2nccc2N1. The van der Waals surface area contributed by atoms with E-state index in [1.165, 1.54) is 10.9 Å². The summed E-state index contributed by atoms with van der Waals surface area (Å²) in [4.78, 5) is 0. The molecule has 0 spiro atoms. The minimum absolute atomic E-state index is 0.0196. The Labute approximate surface area is 85.0 Å². The number of aromatic nitrogens is 2. The highest BCUT2D eigenvalue weighted by atomic mass is 35.5. The first kappa shape index (κ1) is 9.71. The van der Waals surface area contributed by atoms with Gasteiger partial charge in [-0.2, -0.15) is 13.9 Å². The van der Waals surface area contributed by atoms with E-state index in [-0.39, 0.29) is 12.5 Å². The van der Waals surface area contributed by atoms with E-state index in [9.17, 15) is 8.78 Å². The highest BCUT2D eigenvalue weighted by molar-refractivity contribution is 6.22. The quantitative estimate of drug-likeness (QED) is 0.739. The number of hydrogen-bond acceptors (Lipinski definition) is 2. The molecule has 1 aromatic heterocycles. The van der Waals surface area contributed by atoms with Crippen LogP contribution >= 0.6 is 11.6 Å². The zero-order valence-electron chi connectivity index (χ0n) is 7.54. The topological polar surface area (TPSA) is 29.9 Å². The van der Waals surface area contributed by atoms with Crippen LogP contribution in [0.2, 0.25) is 0 Å². The van der Waals surface area contributed by atoms with Gasteiger partial charge >= 0.3 is 5.38 Å². The normalized spacial score (nSPS) is 26.9. The molecule has 6 heteroatoms. The zero-order chi connectivity index (χ0) is 10.3. The maximum Gasteiger partial charge on any atom is 0.343 e. The van der Waals surface area contributed by atoms with Gasteiger partial charge in [-0.25, -0.2) is 4.68 Å². The number of alkyl halides is 3. The molecule has 0 saturated heterocycles. The van der Waals surface area contributed by atoms with Gasteiger partial charge in [-0.1, -0.05) is 0 Å². The van der Waals surface area contributed by atoms with Crippen molar-refractivity contribution in [2.75, 3.05) is 5.32 Å². The maximum atomic E-state index is 13.0. The van der Waals surface area contributed by atoms with Gasteiger partial charge < -0.3 is 5.32 Å². The Morgan fingerprint density at radius 1 is 1.71 bits per heavy atom. The molecular formula is C8H10ClF2N3. The van der Waals surface area contributed by atoms with Crippen LogP contribution in [0.15, 0.2) is 12.3 Å². The molecular weight excluding hydrogens is 212 g/mol. The Morgan fingerprint density at radius 3 is 3.07 bits per heavy atom. The predicted molar refractivity (Wildman–Crippen MR) is 49.8 cm³/mol. The molecule has 78 valence electrons. The molecule has 0 amide bonds. The monoisotopic (exact) mass is 221 g/mol. The van der Waals surface area contributed by atoms with E-state index < -0.39 is 11.4 Å². The Kier molecular flexibility index (Phi) is 2.14. The summed E-state index contributed by atoms with van der Waals surface area (Å²) < 4.78 is 27.3. The second-order valence-corrected chi connectivity index (χ2v) is 4.00. The molecule has 0 bridgehead atoms. The molecule has 0 aliphatic carbocycles. The van der Waals surface area contributed by atoms with Crippen LogP contribution in [0.4, 0.5) is 14.6 Å². The summed E-state index contributed by atoms with van der Waals surface area (Å²) in [7, 11) is 0. The fourth-order valence-corrected chi connectivity index (χ4v) is 1.88. The molecule has 14 heavy (non-hydrogen) atoms. The van der Waals surface area contributed by atoms with Gasteiger partial charge in [0, 0.05) is 12.1 Å². The van der Waals surface area contributed by atoms with Gasteiger partial charge in [-0.15, -0.1) is 0 Å². The Hall–Kier alpha value is -0.840. The zero-order valence-corrected chi connectivity index (χ0v) is 8.30. The molecule has 2 rings (SSSR count). The fraction of sp³-hybridized carbons (Fsp3) is 0.625. The van der Waals surface area contributed by atoms with Crippen molar-refractivity contribution >= 4 is 17.4 Å². The van der Waals surface area contributed by atoms with Crippen molar-refractivity contribution < 1.29 is 8.78 Å². The summed E-state index contributed by atoms with van der Waals surface area (Å²) >= 11 is 5.04. The number of hydrogen-bond donors (Lipinski definition) is 1. The van der Waals surface area contributed by atoms with Crippen molar-refractivity contribution in [2.45, 2.75) is 30.8 Å². The van der Waals surface area contributed by atoms with Crippen LogP contribution in [0.3, 0.4) is 0 Å². The fourth-order valence-electron chi connectivity index (χ4n) is 1.70. The first-order chi connectivity index (χ1) is 6.48. The number of fused-ring (bicyclic) bond motifs is 1. The van der Waals surface area contributed by atoms with Crippen LogP contribution in [0, 0.1) is 0 Å². The third-order valence-corrected chi connectivity index (χ3v) is 2.57. The standard InChI is InChI=1S/C8H10ClF2N3/c1-5-4-6(8(9,10)11)14-7(13-5)2-3-12-14/h2-3,5-6,13H,4H2,1H3. The van der Waals surface area contributed by atoms with Gasteiger partial charge in [0.25, 0.3) is 0 Å². The number of halogens is 3. The lowest BCUT2D eigenvalue weighted by Crippen LogP contribution is -2.37. The van der Waals surface area contributed by atoms with E-state index >= 15 is 0 Å². The Morgan fingerprint density at radius 2 is 2.43 bits per heavy atom. The molecule has 2 unspecified atom stereocenters. The Bertz CT molecular complexity index is 334. The van der Waals surface area contributed by atoms with E-state index in [1.807, 2.05) is 6.92 Å². The summed E-state index contributed by atoms with van der Waals surface area (Å²) in [5.74, 6) is 0.592. The molecule has 3 nitrogen and oxygen atoms in total. The lowest BCUT2D eigenvalue weighted by molar-refractivity contribution is 0.0214. The first-order valence-electron chi connectivity index (χ1n) is 4.35. The molecule has 1 aliphatic rings. The predicted octanol–water partition coefficient (Wildman–Crippen LogP) is 2.46. The van der Waals surface area contributed by atoms with Crippen LogP contribution in [-0.2, 0) is 0 Å². The van der Waals surface area contributed by atoms with E-state index in [4.69, 9.17) is 11.6 Å². The third kappa shape index (κ3) is 1.56. The van der Waals surface area contributed by atoms with Crippen LogP contribution < -0.4 is 5.32 Å². The minimum Gasteiger partial charge on any atom is -0.368 e. The van der Waals surface area contributed by atoms with Crippen molar-refractivity contribution in [2.24, 2.45) is 0 Å². The van der Waals surface area contributed by atoms with Crippen LogP contribution in [0.25, 0.3) is 0 Å². The second kappa shape index (κ2) is 3.08. The van der Waals surface area contributed by atoms with Crippen molar-refractivity contribution in [1.82, 2.24) is 9.78 Å². The van der Waals surface area contributed by atoms with E-state index in [2.05, 4.69) is 10.4 Å². The average Bonchev–Trinajstić information content (AvgIpc) is 2.47. The van der Waals surface area contributed by atoms with Gasteiger partial charge in [-0.3, -0.25) is 0 Å². The summed E-state index contributed by atoms with van der Waals surface area (Å²) in [6.45, 7) is 1.84. The highest BCUT2D eigenvalue weighted by Crippen LogP contribution is 2.40. The van der Waals surface area contributed by atoms with Gasteiger partial charge in [0.15, 0.2) is 0 Å². The molecule has 1 aromatic rings. The number of nitrogens with zero attached hydrogens (tertiary/aromatic N) is 2. The summed E-state index contributed by atoms with van der Waals surface area (Å²) in [6.07, 6.45) is 1.75. The molecule has 0 saturated carbocycles. The molecule has 2 heterocycles. The molecule has 0 radical (unpaired) electrons. The van der Waals surface area contributed by atoms with Crippen LogP contribution in [0.5, 0.6) is 0 Å². The number of rotatable bonds is 1. The third-order valence-electron chi connectivity index (χ3n) is 2.31. The first-order valence-corrected chi connectivity index (χ1v) is 4.73. The molecule has 1 aliphatic heterocycles. The van der Waals surface area contributed by atoms with Gasteiger partial charge in [-0.05, 0) is 24.9 Å². The van der Waals surface area contributed by atoms with E-state index in [1.54, 1.807) is 6.07 Å². The van der Waals surface area contributed by atoms with Crippen LogP contribution in [0.1, 0.15) is 19.4 Å².